The topological polar surface area (TPSA) is 72.2 Å². The first-order valence-corrected chi connectivity index (χ1v) is 6.32. The van der Waals surface area contributed by atoms with Crippen LogP contribution in [0.15, 0.2) is 12.1 Å². The van der Waals surface area contributed by atoms with Crippen molar-refractivity contribution in [2.75, 3.05) is 6.54 Å². The van der Waals surface area contributed by atoms with E-state index in [0.717, 1.165) is 18.9 Å². The van der Waals surface area contributed by atoms with Crippen LogP contribution in [0, 0.1) is 33.6 Å². The summed E-state index contributed by atoms with van der Waals surface area (Å²) >= 11 is 0. The van der Waals surface area contributed by atoms with Crippen LogP contribution in [0.4, 0.5) is 14.5 Å². The predicted octanol–water partition coefficient (Wildman–Crippen LogP) is 2.65. The standard InChI is InChI=1S/C13H14F2N2O3/c1-7(8-2-3-8)6-16-13(18)11-9(14)4-5-10(12(11)15)17(19)20/h4-5,7-8H,2-3,6H2,1H3,(H,16,18). The minimum atomic E-state index is -1.44. The Balaban J connectivity index is 2.15. The first-order valence-electron chi connectivity index (χ1n) is 6.32. The third-order valence-electron chi connectivity index (χ3n) is 3.51. The maximum absolute atomic E-state index is 13.8. The monoisotopic (exact) mass is 284 g/mol. The van der Waals surface area contributed by atoms with Crippen LogP contribution in [-0.4, -0.2) is 17.4 Å². The predicted molar refractivity (Wildman–Crippen MR) is 67.2 cm³/mol. The highest BCUT2D eigenvalue weighted by Gasteiger charge is 2.30. The molecule has 1 unspecified atom stereocenters. The van der Waals surface area contributed by atoms with Crippen molar-refractivity contribution >= 4 is 11.6 Å². The molecule has 0 heterocycles. The molecule has 108 valence electrons. The van der Waals surface area contributed by atoms with E-state index in [1.165, 1.54) is 0 Å². The average Bonchev–Trinajstić information content (AvgIpc) is 3.19. The lowest BCUT2D eigenvalue weighted by Crippen LogP contribution is -2.30. The fourth-order valence-corrected chi connectivity index (χ4v) is 2.06. The van der Waals surface area contributed by atoms with Crippen LogP contribution >= 0.6 is 0 Å². The molecule has 1 amide bonds. The number of halogens is 2. The second-order valence-electron chi connectivity index (χ2n) is 5.04. The summed E-state index contributed by atoms with van der Waals surface area (Å²) in [6.45, 7) is 2.24. The molecule has 5 nitrogen and oxygen atoms in total. The summed E-state index contributed by atoms with van der Waals surface area (Å²) in [6, 6.07) is 1.43. The number of nitrogens with one attached hydrogen (secondary N) is 1. The Morgan fingerprint density at radius 3 is 2.70 bits per heavy atom. The number of hydrogen-bond donors (Lipinski definition) is 1. The molecule has 1 aromatic carbocycles. The summed E-state index contributed by atoms with van der Waals surface area (Å²) in [5.74, 6) is -2.74. The summed E-state index contributed by atoms with van der Waals surface area (Å²) in [6.07, 6.45) is 2.19. The third kappa shape index (κ3) is 2.92. The second-order valence-corrected chi connectivity index (χ2v) is 5.04. The quantitative estimate of drug-likeness (QED) is 0.667. The van der Waals surface area contributed by atoms with Crippen molar-refractivity contribution in [1.82, 2.24) is 5.32 Å². The van der Waals surface area contributed by atoms with E-state index in [2.05, 4.69) is 5.32 Å². The minimum Gasteiger partial charge on any atom is -0.352 e. The Kier molecular flexibility index (Phi) is 3.96. The smallest absolute Gasteiger partial charge is 0.305 e. The second kappa shape index (κ2) is 5.52. The van der Waals surface area contributed by atoms with Gasteiger partial charge < -0.3 is 5.32 Å². The lowest BCUT2D eigenvalue weighted by Gasteiger charge is -2.12. The molecule has 2 rings (SSSR count). The van der Waals surface area contributed by atoms with Gasteiger partial charge in [0.05, 0.1) is 4.92 Å². The van der Waals surface area contributed by atoms with Gasteiger partial charge in [0.15, 0.2) is 0 Å². The SMILES string of the molecule is CC(CNC(=O)c1c(F)ccc([N+](=O)[O-])c1F)C1CC1. The molecule has 0 saturated heterocycles. The lowest BCUT2D eigenvalue weighted by molar-refractivity contribution is -0.387. The van der Waals surface area contributed by atoms with Crippen molar-refractivity contribution in [2.24, 2.45) is 11.8 Å². The molecule has 0 aromatic heterocycles. The van der Waals surface area contributed by atoms with Crippen LogP contribution in [0.3, 0.4) is 0 Å². The van der Waals surface area contributed by atoms with Crippen LogP contribution in [0.5, 0.6) is 0 Å². The van der Waals surface area contributed by atoms with E-state index in [1.54, 1.807) is 0 Å². The zero-order valence-corrected chi connectivity index (χ0v) is 10.9. The summed E-state index contributed by atoms with van der Waals surface area (Å²) < 4.78 is 27.3. The maximum atomic E-state index is 13.8. The van der Waals surface area contributed by atoms with Gasteiger partial charge in [0.25, 0.3) is 5.91 Å². The number of hydrogen-bond acceptors (Lipinski definition) is 3. The highest BCUT2D eigenvalue weighted by Crippen LogP contribution is 2.36. The Labute approximate surface area is 114 Å². The molecule has 0 aliphatic heterocycles. The Morgan fingerprint density at radius 2 is 2.15 bits per heavy atom. The molecule has 1 fully saturated rings. The Bertz CT molecular complexity index is 559. The molecule has 7 heteroatoms. The summed E-state index contributed by atoms with van der Waals surface area (Å²) in [7, 11) is 0. The van der Waals surface area contributed by atoms with Gasteiger partial charge in [0, 0.05) is 12.6 Å². The zero-order valence-electron chi connectivity index (χ0n) is 10.9. The van der Waals surface area contributed by atoms with E-state index in [1.807, 2.05) is 6.92 Å². The molecule has 0 radical (unpaired) electrons. The largest absolute Gasteiger partial charge is 0.352 e. The average molecular weight is 284 g/mol. The number of benzene rings is 1. The lowest BCUT2D eigenvalue weighted by atomic mass is 10.1. The molecule has 1 atom stereocenters. The van der Waals surface area contributed by atoms with Crippen LogP contribution < -0.4 is 5.32 Å². The molecular weight excluding hydrogens is 270 g/mol. The van der Waals surface area contributed by atoms with Gasteiger partial charge in [0.1, 0.15) is 11.4 Å². The van der Waals surface area contributed by atoms with Gasteiger partial charge in [-0.05, 0) is 30.7 Å². The van der Waals surface area contributed by atoms with Gasteiger partial charge in [0.2, 0.25) is 5.82 Å². The normalized spacial score (nSPS) is 15.8. The first-order chi connectivity index (χ1) is 9.41. The summed E-state index contributed by atoms with van der Waals surface area (Å²) in [4.78, 5) is 21.4. The van der Waals surface area contributed by atoms with E-state index in [0.29, 0.717) is 18.5 Å². The summed E-state index contributed by atoms with van der Waals surface area (Å²) in [5, 5.41) is 13.0. The van der Waals surface area contributed by atoms with E-state index < -0.39 is 33.7 Å². The molecule has 0 bridgehead atoms. The van der Waals surface area contributed by atoms with E-state index in [9.17, 15) is 23.7 Å². The molecule has 1 aliphatic carbocycles. The van der Waals surface area contributed by atoms with Crippen molar-refractivity contribution in [1.29, 1.82) is 0 Å². The Hall–Kier alpha value is -2.05. The molecule has 0 spiro atoms. The number of nitrogens with zero attached hydrogens (tertiary/aromatic N) is 1. The number of carbonyl (C=O) groups excluding carboxylic acids is 1. The maximum Gasteiger partial charge on any atom is 0.305 e. The molecule has 20 heavy (non-hydrogen) atoms. The fraction of sp³-hybridized carbons (Fsp3) is 0.462. The van der Waals surface area contributed by atoms with Gasteiger partial charge in [-0.3, -0.25) is 14.9 Å². The van der Waals surface area contributed by atoms with Crippen molar-refractivity contribution in [3.05, 3.63) is 39.4 Å². The Morgan fingerprint density at radius 1 is 1.50 bits per heavy atom. The van der Waals surface area contributed by atoms with Gasteiger partial charge in [-0.1, -0.05) is 6.92 Å². The number of carbonyl (C=O) groups is 1. The van der Waals surface area contributed by atoms with Crippen molar-refractivity contribution < 1.29 is 18.5 Å². The van der Waals surface area contributed by atoms with Crippen LogP contribution in [0.2, 0.25) is 0 Å². The summed E-state index contributed by atoms with van der Waals surface area (Å²) in [5.41, 5.74) is -1.81. The third-order valence-corrected chi connectivity index (χ3v) is 3.51. The number of nitro groups is 1. The molecule has 1 N–H and O–H groups in total. The fourth-order valence-electron chi connectivity index (χ4n) is 2.06. The number of rotatable bonds is 5. The van der Waals surface area contributed by atoms with Crippen molar-refractivity contribution in [2.45, 2.75) is 19.8 Å². The van der Waals surface area contributed by atoms with Crippen molar-refractivity contribution in [3.8, 4) is 0 Å². The first kappa shape index (κ1) is 14.4. The van der Waals surface area contributed by atoms with Crippen molar-refractivity contribution in [3.63, 3.8) is 0 Å². The molecule has 1 saturated carbocycles. The van der Waals surface area contributed by atoms with E-state index in [-0.39, 0.29) is 5.92 Å². The van der Waals surface area contributed by atoms with Crippen LogP contribution in [-0.2, 0) is 0 Å². The molecule has 1 aliphatic rings. The zero-order chi connectivity index (χ0) is 14.9. The van der Waals surface area contributed by atoms with Crippen LogP contribution in [0.1, 0.15) is 30.1 Å². The number of nitro benzene ring substituents is 1. The van der Waals surface area contributed by atoms with Gasteiger partial charge in [-0.25, -0.2) is 4.39 Å². The number of amides is 1. The molecular formula is C13H14F2N2O3. The van der Waals surface area contributed by atoms with Crippen LogP contribution in [0.25, 0.3) is 0 Å². The van der Waals surface area contributed by atoms with Gasteiger partial charge in [-0.15, -0.1) is 0 Å². The van der Waals surface area contributed by atoms with E-state index >= 15 is 0 Å². The highest BCUT2D eigenvalue weighted by atomic mass is 19.1. The van der Waals surface area contributed by atoms with E-state index in [4.69, 9.17) is 0 Å². The van der Waals surface area contributed by atoms with Gasteiger partial charge >= 0.3 is 5.69 Å². The highest BCUT2D eigenvalue weighted by molar-refractivity contribution is 5.95. The molecule has 1 aromatic rings. The van der Waals surface area contributed by atoms with Gasteiger partial charge in [-0.2, -0.15) is 4.39 Å². The minimum absolute atomic E-state index is 0.226.